The molecular formula is C16H21NO4. The molecular weight excluding hydrogens is 270 g/mol. The standard InChI is InChI=1S/C16H21NO4/c1-3-20-16(19)15-17(10-9-12(2)18)14(11-21-15)13-7-5-4-6-8-13/h4-8,14-15H,3,9-11H2,1-2H3/t14-,15+/m1/s1. The van der Waals surface area contributed by atoms with Gasteiger partial charge in [-0.3, -0.25) is 9.69 Å². The molecule has 0 aromatic heterocycles. The summed E-state index contributed by atoms with van der Waals surface area (Å²) in [6.45, 7) is 4.54. The molecule has 1 aliphatic heterocycles. The van der Waals surface area contributed by atoms with E-state index in [0.29, 0.717) is 26.2 Å². The monoisotopic (exact) mass is 291 g/mol. The van der Waals surface area contributed by atoms with Crippen LogP contribution < -0.4 is 0 Å². The van der Waals surface area contributed by atoms with Gasteiger partial charge in [0, 0.05) is 13.0 Å². The lowest BCUT2D eigenvalue weighted by Gasteiger charge is -2.26. The summed E-state index contributed by atoms with van der Waals surface area (Å²) < 4.78 is 10.7. The third-order valence-electron chi connectivity index (χ3n) is 3.51. The first-order valence-corrected chi connectivity index (χ1v) is 7.21. The van der Waals surface area contributed by atoms with Crippen LogP contribution in [0.25, 0.3) is 0 Å². The lowest BCUT2D eigenvalue weighted by molar-refractivity contribution is -0.161. The van der Waals surface area contributed by atoms with Gasteiger partial charge in [-0.1, -0.05) is 30.3 Å². The van der Waals surface area contributed by atoms with Gasteiger partial charge >= 0.3 is 5.97 Å². The zero-order valence-electron chi connectivity index (χ0n) is 12.5. The maximum absolute atomic E-state index is 12.0. The van der Waals surface area contributed by atoms with Gasteiger partial charge < -0.3 is 9.47 Å². The summed E-state index contributed by atoms with van der Waals surface area (Å²) in [5.74, 6) is -0.296. The third-order valence-corrected chi connectivity index (χ3v) is 3.51. The van der Waals surface area contributed by atoms with E-state index in [0.717, 1.165) is 5.56 Å². The van der Waals surface area contributed by atoms with E-state index in [1.807, 2.05) is 35.2 Å². The molecule has 5 heteroatoms. The molecule has 0 radical (unpaired) electrons. The van der Waals surface area contributed by atoms with E-state index in [-0.39, 0.29) is 17.8 Å². The maximum Gasteiger partial charge on any atom is 0.350 e. The van der Waals surface area contributed by atoms with Crippen LogP contribution in [0.4, 0.5) is 0 Å². The summed E-state index contributed by atoms with van der Waals surface area (Å²) in [6, 6.07) is 9.83. The molecule has 0 unspecified atom stereocenters. The minimum Gasteiger partial charge on any atom is -0.463 e. The van der Waals surface area contributed by atoms with Crippen molar-refractivity contribution in [2.75, 3.05) is 19.8 Å². The lowest BCUT2D eigenvalue weighted by atomic mass is 10.1. The second-order valence-electron chi connectivity index (χ2n) is 5.05. The van der Waals surface area contributed by atoms with Crippen molar-refractivity contribution >= 4 is 11.8 Å². The quantitative estimate of drug-likeness (QED) is 0.750. The Morgan fingerprint density at radius 2 is 2.05 bits per heavy atom. The highest BCUT2D eigenvalue weighted by Crippen LogP contribution is 2.30. The molecule has 5 nitrogen and oxygen atoms in total. The maximum atomic E-state index is 12.0. The zero-order chi connectivity index (χ0) is 15.2. The molecule has 1 aromatic carbocycles. The first-order valence-electron chi connectivity index (χ1n) is 7.21. The SMILES string of the molecule is CCOC(=O)[C@@H]1OC[C@H](c2ccccc2)N1CCC(C)=O. The second kappa shape index (κ2) is 7.33. The molecule has 1 saturated heterocycles. The molecule has 1 heterocycles. The van der Waals surface area contributed by atoms with Gasteiger partial charge in [0.2, 0.25) is 6.23 Å². The van der Waals surface area contributed by atoms with Crippen molar-refractivity contribution in [3.8, 4) is 0 Å². The Hall–Kier alpha value is -1.72. The highest BCUT2D eigenvalue weighted by atomic mass is 16.6. The van der Waals surface area contributed by atoms with Gasteiger partial charge in [0.15, 0.2) is 0 Å². The lowest BCUT2D eigenvalue weighted by Crippen LogP contribution is -2.40. The van der Waals surface area contributed by atoms with Crippen LogP contribution in [0.2, 0.25) is 0 Å². The molecule has 2 rings (SSSR count). The molecule has 0 amide bonds. The van der Waals surface area contributed by atoms with Crippen molar-refractivity contribution in [1.29, 1.82) is 0 Å². The van der Waals surface area contributed by atoms with Gasteiger partial charge in [0.05, 0.1) is 19.3 Å². The summed E-state index contributed by atoms with van der Waals surface area (Å²) in [4.78, 5) is 25.2. The van der Waals surface area contributed by atoms with Gasteiger partial charge in [-0.15, -0.1) is 0 Å². The number of esters is 1. The summed E-state index contributed by atoms with van der Waals surface area (Å²) in [6.07, 6.45) is -0.336. The van der Waals surface area contributed by atoms with E-state index < -0.39 is 6.23 Å². The number of ketones is 1. The summed E-state index contributed by atoms with van der Waals surface area (Å²) in [7, 11) is 0. The predicted octanol–water partition coefficient (Wildman–Crippen LogP) is 1.93. The minimum atomic E-state index is -0.727. The van der Waals surface area contributed by atoms with Crippen LogP contribution in [0.3, 0.4) is 0 Å². The summed E-state index contributed by atoms with van der Waals surface area (Å²) in [5.41, 5.74) is 1.08. The van der Waals surface area contributed by atoms with Crippen LogP contribution in [0.15, 0.2) is 30.3 Å². The first-order chi connectivity index (χ1) is 10.1. The Kier molecular flexibility index (Phi) is 5.47. The number of ether oxygens (including phenoxy) is 2. The van der Waals surface area contributed by atoms with Crippen molar-refractivity contribution in [3.05, 3.63) is 35.9 Å². The largest absolute Gasteiger partial charge is 0.463 e. The Labute approximate surface area is 124 Å². The van der Waals surface area contributed by atoms with E-state index >= 15 is 0 Å². The van der Waals surface area contributed by atoms with Crippen molar-refractivity contribution in [2.45, 2.75) is 32.5 Å². The molecule has 1 fully saturated rings. The van der Waals surface area contributed by atoms with Crippen LogP contribution in [0.1, 0.15) is 31.9 Å². The number of carbonyl (C=O) groups is 2. The van der Waals surface area contributed by atoms with Gasteiger partial charge in [0.1, 0.15) is 5.78 Å². The van der Waals surface area contributed by atoms with Gasteiger partial charge in [-0.05, 0) is 19.4 Å². The average Bonchev–Trinajstić information content (AvgIpc) is 2.90. The van der Waals surface area contributed by atoms with Crippen LogP contribution in [-0.2, 0) is 19.1 Å². The Morgan fingerprint density at radius 1 is 1.33 bits per heavy atom. The smallest absolute Gasteiger partial charge is 0.350 e. The highest BCUT2D eigenvalue weighted by molar-refractivity contribution is 5.76. The molecule has 0 aliphatic carbocycles. The van der Waals surface area contributed by atoms with E-state index in [2.05, 4.69) is 0 Å². The van der Waals surface area contributed by atoms with Crippen molar-refractivity contribution in [1.82, 2.24) is 4.90 Å². The Balaban J connectivity index is 2.16. The van der Waals surface area contributed by atoms with Gasteiger partial charge in [-0.25, -0.2) is 4.79 Å². The van der Waals surface area contributed by atoms with Gasteiger partial charge in [0.25, 0.3) is 0 Å². The van der Waals surface area contributed by atoms with Gasteiger partial charge in [-0.2, -0.15) is 0 Å². The predicted molar refractivity (Wildman–Crippen MR) is 77.6 cm³/mol. The number of carbonyl (C=O) groups excluding carboxylic acids is 2. The summed E-state index contributed by atoms with van der Waals surface area (Å²) in [5, 5.41) is 0. The molecule has 0 N–H and O–H groups in total. The zero-order valence-corrected chi connectivity index (χ0v) is 12.5. The molecule has 21 heavy (non-hydrogen) atoms. The van der Waals surface area contributed by atoms with Crippen molar-refractivity contribution < 1.29 is 19.1 Å². The van der Waals surface area contributed by atoms with E-state index in [9.17, 15) is 9.59 Å². The first kappa shape index (κ1) is 15.7. The fourth-order valence-electron chi connectivity index (χ4n) is 2.48. The van der Waals surface area contributed by atoms with Crippen LogP contribution in [0, 0.1) is 0 Å². The Morgan fingerprint density at radius 3 is 2.67 bits per heavy atom. The molecule has 0 bridgehead atoms. The van der Waals surface area contributed by atoms with Crippen LogP contribution in [-0.4, -0.2) is 42.6 Å². The molecule has 1 aliphatic rings. The Bertz CT molecular complexity index is 488. The third kappa shape index (κ3) is 3.89. The normalized spacial score (nSPS) is 22.2. The van der Waals surface area contributed by atoms with E-state index in [4.69, 9.17) is 9.47 Å². The number of hydrogen-bond acceptors (Lipinski definition) is 5. The van der Waals surface area contributed by atoms with Crippen molar-refractivity contribution in [3.63, 3.8) is 0 Å². The van der Waals surface area contributed by atoms with Crippen molar-refractivity contribution in [2.24, 2.45) is 0 Å². The van der Waals surface area contributed by atoms with E-state index in [1.165, 1.54) is 0 Å². The number of nitrogens with zero attached hydrogens (tertiary/aromatic N) is 1. The molecule has 0 spiro atoms. The molecule has 1 aromatic rings. The topological polar surface area (TPSA) is 55.8 Å². The second-order valence-corrected chi connectivity index (χ2v) is 5.05. The number of rotatable bonds is 6. The molecule has 114 valence electrons. The average molecular weight is 291 g/mol. The number of hydrogen-bond donors (Lipinski definition) is 0. The fourth-order valence-corrected chi connectivity index (χ4v) is 2.48. The summed E-state index contributed by atoms with van der Waals surface area (Å²) >= 11 is 0. The fraction of sp³-hybridized carbons (Fsp3) is 0.500. The number of benzene rings is 1. The molecule has 0 saturated carbocycles. The van der Waals surface area contributed by atoms with Crippen LogP contribution in [0.5, 0.6) is 0 Å². The number of Topliss-reactive ketones (excluding diaryl/α,β-unsaturated/α-hetero) is 1. The van der Waals surface area contributed by atoms with Crippen LogP contribution >= 0.6 is 0 Å². The highest BCUT2D eigenvalue weighted by Gasteiger charge is 2.40. The minimum absolute atomic E-state index is 0.0278. The molecule has 2 atom stereocenters. The van der Waals surface area contributed by atoms with E-state index in [1.54, 1.807) is 13.8 Å².